The van der Waals surface area contributed by atoms with Gasteiger partial charge >= 0.3 is 7.60 Å². The van der Waals surface area contributed by atoms with Gasteiger partial charge in [-0.1, -0.05) is 0 Å². The van der Waals surface area contributed by atoms with Gasteiger partial charge in [-0.15, -0.1) is 0 Å². The number of anilines is 2. The van der Waals surface area contributed by atoms with Gasteiger partial charge in [0, 0.05) is 6.42 Å². The number of nitrogens with two attached hydrogens (primary N) is 2. The van der Waals surface area contributed by atoms with Crippen molar-refractivity contribution in [3.63, 3.8) is 0 Å². The normalized spacial score (nSPS) is 25.9. The predicted molar refractivity (Wildman–Crippen MR) is 75.5 cm³/mol. The molecule has 0 spiro atoms. The number of nitrogens with zero attached hydrogens (tertiary/aromatic N) is 4. The Morgan fingerprint density at radius 3 is 2.77 bits per heavy atom. The number of hydrogen-bond donors (Lipinski definition) is 5. The fourth-order valence-electron chi connectivity index (χ4n) is 2.40. The van der Waals surface area contributed by atoms with Gasteiger partial charge in [-0.05, 0) is 0 Å². The Labute approximate surface area is 124 Å². The van der Waals surface area contributed by atoms with Gasteiger partial charge in [0.1, 0.15) is 11.6 Å². The van der Waals surface area contributed by atoms with Crippen LogP contribution in [0, 0.1) is 0 Å². The average Bonchev–Trinajstić information content (AvgIpc) is 2.95. The summed E-state index contributed by atoms with van der Waals surface area (Å²) in [5, 5.41) is 9.92. The molecule has 0 aliphatic carbocycles. The average molecular weight is 330 g/mol. The van der Waals surface area contributed by atoms with E-state index in [4.69, 9.17) is 26.0 Å². The zero-order valence-electron chi connectivity index (χ0n) is 11.3. The highest BCUT2D eigenvalue weighted by molar-refractivity contribution is 7.52. The van der Waals surface area contributed by atoms with Crippen molar-refractivity contribution in [2.45, 2.75) is 31.0 Å². The van der Waals surface area contributed by atoms with Crippen LogP contribution in [0.15, 0.2) is 6.33 Å². The van der Waals surface area contributed by atoms with E-state index in [0.29, 0.717) is 11.2 Å². The minimum absolute atomic E-state index is 0.0206. The SMILES string of the molecule is Nc1nc(N)c2ncn(C[C@H]3O[C@@H](P(=O)(O)O)C[C@@H]3O)c2n1. The van der Waals surface area contributed by atoms with Crippen LogP contribution in [0.25, 0.3) is 11.2 Å². The Kier molecular flexibility index (Phi) is 3.54. The van der Waals surface area contributed by atoms with Crippen LogP contribution in [0.5, 0.6) is 0 Å². The molecule has 3 rings (SSSR count). The standard InChI is InChI=1S/C10H15N6O5P/c11-8-7-9(15-10(12)14-8)16(3-13-7)2-5-4(17)1-6(21-5)22(18,19)20/h3-6,17H,1-2H2,(H2,18,19,20)(H4,11,12,14,15)/t4-,5+,6-/m0/s1. The molecule has 1 aliphatic heterocycles. The van der Waals surface area contributed by atoms with Crippen LogP contribution in [-0.4, -0.2) is 52.5 Å². The Morgan fingerprint density at radius 2 is 2.14 bits per heavy atom. The van der Waals surface area contributed by atoms with E-state index in [-0.39, 0.29) is 24.7 Å². The van der Waals surface area contributed by atoms with E-state index in [1.54, 1.807) is 4.57 Å². The minimum atomic E-state index is -4.41. The number of ether oxygens (including phenoxy) is 1. The van der Waals surface area contributed by atoms with Gasteiger partial charge in [0.25, 0.3) is 0 Å². The monoisotopic (exact) mass is 330 g/mol. The molecule has 1 fully saturated rings. The van der Waals surface area contributed by atoms with Gasteiger partial charge in [-0.3, -0.25) is 4.57 Å². The van der Waals surface area contributed by atoms with Crippen molar-refractivity contribution >= 4 is 30.5 Å². The zero-order valence-corrected chi connectivity index (χ0v) is 12.2. The van der Waals surface area contributed by atoms with Gasteiger partial charge in [0.2, 0.25) is 5.95 Å². The minimum Gasteiger partial charge on any atom is -0.390 e. The van der Waals surface area contributed by atoms with E-state index < -0.39 is 25.6 Å². The van der Waals surface area contributed by atoms with Crippen LogP contribution >= 0.6 is 7.60 Å². The third-order valence-electron chi connectivity index (χ3n) is 3.46. The first-order chi connectivity index (χ1) is 10.3. The van der Waals surface area contributed by atoms with Crippen molar-refractivity contribution in [3.8, 4) is 0 Å². The number of imidazole rings is 1. The third-order valence-corrected chi connectivity index (χ3v) is 4.55. The summed E-state index contributed by atoms with van der Waals surface area (Å²) in [5.74, 6) is -1.21. The molecule has 1 aliphatic rings. The van der Waals surface area contributed by atoms with Crippen LogP contribution in [0.3, 0.4) is 0 Å². The quantitative estimate of drug-likeness (QED) is 0.421. The first-order valence-corrected chi connectivity index (χ1v) is 8.06. The second-order valence-electron chi connectivity index (χ2n) is 5.06. The highest BCUT2D eigenvalue weighted by Crippen LogP contribution is 2.48. The second-order valence-corrected chi connectivity index (χ2v) is 6.81. The topological polar surface area (TPSA) is 183 Å². The molecule has 11 nitrogen and oxygen atoms in total. The van der Waals surface area contributed by atoms with Gasteiger partial charge in [0.15, 0.2) is 17.3 Å². The van der Waals surface area contributed by atoms with E-state index in [1.807, 2.05) is 0 Å². The van der Waals surface area contributed by atoms with Gasteiger partial charge in [-0.2, -0.15) is 9.97 Å². The predicted octanol–water partition coefficient (Wildman–Crippen LogP) is -1.36. The first-order valence-electron chi connectivity index (χ1n) is 6.38. The van der Waals surface area contributed by atoms with Crippen LogP contribution in [0.1, 0.15) is 6.42 Å². The number of hydrogen-bond acceptors (Lipinski definition) is 8. The molecule has 0 radical (unpaired) electrons. The lowest BCUT2D eigenvalue weighted by Gasteiger charge is -2.16. The number of aliphatic hydroxyl groups excluding tert-OH is 1. The molecule has 7 N–H and O–H groups in total. The Morgan fingerprint density at radius 1 is 1.41 bits per heavy atom. The molecule has 0 amide bonds. The molecule has 3 heterocycles. The highest BCUT2D eigenvalue weighted by Gasteiger charge is 2.43. The molecule has 0 unspecified atom stereocenters. The summed E-state index contributed by atoms with van der Waals surface area (Å²) in [4.78, 5) is 30.1. The zero-order chi connectivity index (χ0) is 16.1. The van der Waals surface area contributed by atoms with E-state index in [1.165, 1.54) is 6.33 Å². The second kappa shape index (κ2) is 5.14. The Balaban J connectivity index is 1.86. The molecule has 2 aromatic rings. The molecular formula is C10H15N6O5P. The number of fused-ring (bicyclic) bond motifs is 1. The van der Waals surface area contributed by atoms with Crippen LogP contribution in [0.2, 0.25) is 0 Å². The van der Waals surface area contributed by atoms with E-state index in [2.05, 4.69) is 15.0 Å². The molecule has 0 aromatic carbocycles. The lowest BCUT2D eigenvalue weighted by molar-refractivity contribution is 0.0163. The summed E-state index contributed by atoms with van der Waals surface area (Å²) >= 11 is 0. The van der Waals surface area contributed by atoms with E-state index in [9.17, 15) is 9.67 Å². The van der Waals surface area contributed by atoms with Crippen molar-refractivity contribution in [2.75, 3.05) is 11.5 Å². The van der Waals surface area contributed by atoms with E-state index >= 15 is 0 Å². The summed E-state index contributed by atoms with van der Waals surface area (Å²) in [6, 6.07) is 0. The smallest absolute Gasteiger partial charge is 0.354 e. The van der Waals surface area contributed by atoms with Crippen molar-refractivity contribution in [3.05, 3.63) is 6.33 Å². The molecular weight excluding hydrogens is 315 g/mol. The first kappa shape index (κ1) is 15.1. The fourth-order valence-corrected chi connectivity index (χ4v) is 3.20. The van der Waals surface area contributed by atoms with Crippen molar-refractivity contribution in [2.24, 2.45) is 0 Å². The summed E-state index contributed by atoms with van der Waals surface area (Å²) in [6.07, 6.45) is -0.518. The Hall–Kier alpha value is -1.78. The molecule has 0 saturated carbocycles. The van der Waals surface area contributed by atoms with Crippen molar-refractivity contribution in [1.29, 1.82) is 0 Å². The Bertz CT molecular complexity index is 760. The number of aliphatic hydroxyl groups is 1. The molecule has 2 aromatic heterocycles. The summed E-state index contributed by atoms with van der Waals surface area (Å²) in [5.41, 5.74) is 12.0. The van der Waals surface area contributed by atoms with Gasteiger partial charge < -0.3 is 35.7 Å². The molecule has 22 heavy (non-hydrogen) atoms. The largest absolute Gasteiger partial charge is 0.390 e. The maximum atomic E-state index is 11.2. The van der Waals surface area contributed by atoms with Crippen LogP contribution < -0.4 is 11.5 Å². The summed E-state index contributed by atoms with van der Waals surface area (Å²) in [6.45, 7) is 0.101. The third kappa shape index (κ3) is 2.64. The van der Waals surface area contributed by atoms with Crippen molar-refractivity contribution < 1.29 is 24.2 Å². The molecule has 0 bridgehead atoms. The lowest BCUT2D eigenvalue weighted by Crippen LogP contribution is -2.26. The number of aromatic nitrogens is 4. The molecule has 3 atom stereocenters. The van der Waals surface area contributed by atoms with Crippen LogP contribution in [-0.2, 0) is 15.8 Å². The van der Waals surface area contributed by atoms with Gasteiger partial charge in [-0.25, -0.2) is 4.98 Å². The maximum absolute atomic E-state index is 11.2. The number of rotatable bonds is 3. The molecule has 1 saturated heterocycles. The summed E-state index contributed by atoms with van der Waals surface area (Å²) in [7, 11) is -4.41. The summed E-state index contributed by atoms with van der Waals surface area (Å²) < 4.78 is 18.0. The maximum Gasteiger partial charge on any atom is 0.354 e. The highest BCUT2D eigenvalue weighted by atomic mass is 31.2. The van der Waals surface area contributed by atoms with Gasteiger partial charge in [0.05, 0.1) is 19.0 Å². The number of nitrogen functional groups attached to an aromatic ring is 2. The van der Waals surface area contributed by atoms with E-state index in [0.717, 1.165) is 0 Å². The molecule has 120 valence electrons. The van der Waals surface area contributed by atoms with Crippen molar-refractivity contribution in [1.82, 2.24) is 19.5 Å². The molecule has 12 heteroatoms. The fraction of sp³-hybridized carbons (Fsp3) is 0.500. The lowest BCUT2D eigenvalue weighted by atomic mass is 10.2. The van der Waals surface area contributed by atoms with Crippen LogP contribution in [0.4, 0.5) is 11.8 Å².